The van der Waals surface area contributed by atoms with Crippen LogP contribution in [0.15, 0.2) is 12.3 Å². The normalized spacial score (nSPS) is 11.3. The van der Waals surface area contributed by atoms with Crippen molar-refractivity contribution in [1.82, 2.24) is 15.0 Å². The summed E-state index contributed by atoms with van der Waals surface area (Å²) in [6.45, 7) is 4.32. The van der Waals surface area contributed by atoms with E-state index in [0.717, 1.165) is 18.5 Å². The molecule has 0 fully saturated rings. The first-order chi connectivity index (χ1) is 7.36. The highest BCUT2D eigenvalue weighted by Gasteiger charge is 1.93. The van der Waals surface area contributed by atoms with Crippen molar-refractivity contribution in [2.45, 2.75) is 52.4 Å². The van der Waals surface area contributed by atoms with Crippen LogP contribution in [0, 0.1) is 0 Å². The van der Waals surface area contributed by atoms with Gasteiger partial charge in [0.05, 0.1) is 11.9 Å². The van der Waals surface area contributed by atoms with E-state index in [-0.39, 0.29) is 0 Å². The number of unbranched alkanes of at least 4 members (excludes halogenated alkanes) is 4. The maximum absolute atomic E-state index is 4.02. The van der Waals surface area contributed by atoms with Crippen LogP contribution in [-0.2, 0) is 6.42 Å². The van der Waals surface area contributed by atoms with E-state index in [1.54, 1.807) is 4.68 Å². The van der Waals surface area contributed by atoms with Crippen molar-refractivity contribution in [2.24, 2.45) is 0 Å². The standard InChI is InChI=1S/C12H21N3/c1-3-5-6-7-8-9-10-15-11-12(4-2)13-14-15/h9-11H,3-8H2,1-2H3/b10-9+. The second kappa shape index (κ2) is 7.21. The number of hydrogen-bond acceptors (Lipinski definition) is 2. The molecule has 0 aliphatic rings. The molecule has 0 unspecified atom stereocenters. The van der Waals surface area contributed by atoms with Gasteiger partial charge in [-0.3, -0.25) is 0 Å². The van der Waals surface area contributed by atoms with E-state index in [0.29, 0.717) is 0 Å². The number of nitrogens with zero attached hydrogens (tertiary/aromatic N) is 3. The van der Waals surface area contributed by atoms with Crippen molar-refractivity contribution in [3.63, 3.8) is 0 Å². The molecule has 0 atom stereocenters. The van der Waals surface area contributed by atoms with Crippen LogP contribution in [0.25, 0.3) is 6.20 Å². The van der Waals surface area contributed by atoms with E-state index >= 15 is 0 Å². The van der Waals surface area contributed by atoms with Crippen LogP contribution in [0.2, 0.25) is 0 Å². The predicted octanol–water partition coefficient (Wildman–Crippen LogP) is 3.28. The van der Waals surface area contributed by atoms with Crippen LogP contribution >= 0.6 is 0 Å². The zero-order chi connectivity index (χ0) is 10.9. The first-order valence-corrected chi connectivity index (χ1v) is 5.94. The minimum absolute atomic E-state index is 0.949. The van der Waals surface area contributed by atoms with Crippen LogP contribution in [0.5, 0.6) is 0 Å². The molecular formula is C12H21N3. The highest BCUT2D eigenvalue weighted by atomic mass is 15.4. The van der Waals surface area contributed by atoms with Crippen LogP contribution < -0.4 is 0 Å². The van der Waals surface area contributed by atoms with E-state index in [4.69, 9.17) is 0 Å². The van der Waals surface area contributed by atoms with Gasteiger partial charge in [0.25, 0.3) is 0 Å². The van der Waals surface area contributed by atoms with Crippen LogP contribution in [-0.4, -0.2) is 15.0 Å². The average molecular weight is 207 g/mol. The largest absolute Gasteiger partial charge is 0.228 e. The van der Waals surface area contributed by atoms with Crippen LogP contribution in [0.1, 0.15) is 51.6 Å². The lowest BCUT2D eigenvalue weighted by Gasteiger charge is -1.94. The highest BCUT2D eigenvalue weighted by Crippen LogP contribution is 2.03. The van der Waals surface area contributed by atoms with Crippen molar-refractivity contribution in [2.75, 3.05) is 0 Å². The Bertz CT molecular complexity index is 289. The molecule has 0 radical (unpaired) electrons. The quantitative estimate of drug-likeness (QED) is 0.642. The minimum Gasteiger partial charge on any atom is -0.228 e. The smallest absolute Gasteiger partial charge is 0.0828 e. The van der Waals surface area contributed by atoms with Gasteiger partial charge >= 0.3 is 0 Å². The number of rotatable bonds is 7. The highest BCUT2D eigenvalue weighted by molar-refractivity contribution is 5.19. The lowest BCUT2D eigenvalue weighted by atomic mass is 10.1. The molecule has 1 aromatic rings. The lowest BCUT2D eigenvalue weighted by Crippen LogP contribution is -1.85. The van der Waals surface area contributed by atoms with Gasteiger partial charge in [-0.25, -0.2) is 4.68 Å². The van der Waals surface area contributed by atoms with Gasteiger partial charge in [-0.15, -0.1) is 5.10 Å². The first kappa shape index (κ1) is 12.0. The molecule has 0 amide bonds. The molecule has 0 aliphatic carbocycles. The Hall–Kier alpha value is -1.12. The molecule has 0 aliphatic heterocycles. The fraction of sp³-hybridized carbons (Fsp3) is 0.667. The molecule has 3 nitrogen and oxygen atoms in total. The molecule has 1 aromatic heterocycles. The molecule has 84 valence electrons. The van der Waals surface area contributed by atoms with Gasteiger partial charge in [0, 0.05) is 6.20 Å². The van der Waals surface area contributed by atoms with Crippen LogP contribution in [0.3, 0.4) is 0 Å². The Morgan fingerprint density at radius 1 is 1.27 bits per heavy atom. The molecule has 0 spiro atoms. The van der Waals surface area contributed by atoms with Gasteiger partial charge in [0.2, 0.25) is 0 Å². The van der Waals surface area contributed by atoms with E-state index in [1.807, 2.05) is 12.4 Å². The summed E-state index contributed by atoms with van der Waals surface area (Å²) in [6, 6.07) is 0. The summed E-state index contributed by atoms with van der Waals surface area (Å²) in [6.07, 6.45) is 13.5. The topological polar surface area (TPSA) is 30.7 Å². The second-order valence-electron chi connectivity index (χ2n) is 3.78. The van der Waals surface area contributed by atoms with Gasteiger partial charge in [-0.05, 0) is 19.3 Å². The molecule has 3 heteroatoms. The predicted molar refractivity (Wildman–Crippen MR) is 63.5 cm³/mol. The zero-order valence-electron chi connectivity index (χ0n) is 9.82. The zero-order valence-corrected chi connectivity index (χ0v) is 9.82. The van der Waals surface area contributed by atoms with Crippen molar-refractivity contribution in [1.29, 1.82) is 0 Å². The molecular weight excluding hydrogens is 186 g/mol. The molecule has 1 heterocycles. The Morgan fingerprint density at radius 3 is 2.80 bits per heavy atom. The lowest BCUT2D eigenvalue weighted by molar-refractivity contribution is 0.674. The van der Waals surface area contributed by atoms with Gasteiger partial charge in [-0.1, -0.05) is 44.4 Å². The molecule has 0 bridgehead atoms. The molecule has 0 N–H and O–H groups in total. The monoisotopic (exact) mass is 207 g/mol. The fourth-order valence-corrected chi connectivity index (χ4v) is 1.42. The molecule has 1 rings (SSSR count). The van der Waals surface area contributed by atoms with Crippen molar-refractivity contribution < 1.29 is 0 Å². The summed E-state index contributed by atoms with van der Waals surface area (Å²) < 4.78 is 1.79. The Kier molecular flexibility index (Phi) is 5.74. The Labute approximate surface area is 92.2 Å². The molecule has 0 saturated carbocycles. The Balaban J connectivity index is 2.19. The summed E-state index contributed by atoms with van der Waals surface area (Å²) in [5.74, 6) is 0. The van der Waals surface area contributed by atoms with Crippen molar-refractivity contribution in [3.05, 3.63) is 18.0 Å². The van der Waals surface area contributed by atoms with Crippen molar-refractivity contribution >= 4 is 6.20 Å². The second-order valence-corrected chi connectivity index (χ2v) is 3.78. The van der Waals surface area contributed by atoms with E-state index in [9.17, 15) is 0 Å². The van der Waals surface area contributed by atoms with E-state index < -0.39 is 0 Å². The maximum atomic E-state index is 4.02. The van der Waals surface area contributed by atoms with E-state index in [2.05, 4.69) is 30.2 Å². The number of aromatic nitrogens is 3. The summed E-state index contributed by atoms with van der Waals surface area (Å²) in [7, 11) is 0. The van der Waals surface area contributed by atoms with Gasteiger partial charge < -0.3 is 0 Å². The molecule has 0 saturated heterocycles. The number of aryl methyl sites for hydroxylation is 1. The summed E-state index contributed by atoms with van der Waals surface area (Å²) in [5.41, 5.74) is 1.05. The third-order valence-corrected chi connectivity index (χ3v) is 2.40. The third-order valence-electron chi connectivity index (χ3n) is 2.40. The van der Waals surface area contributed by atoms with Crippen LogP contribution in [0.4, 0.5) is 0 Å². The van der Waals surface area contributed by atoms with Gasteiger partial charge in [-0.2, -0.15) is 0 Å². The first-order valence-electron chi connectivity index (χ1n) is 5.94. The van der Waals surface area contributed by atoms with Gasteiger partial charge in [0.1, 0.15) is 0 Å². The summed E-state index contributed by atoms with van der Waals surface area (Å²) in [4.78, 5) is 0. The molecule has 0 aromatic carbocycles. The number of hydrogen-bond donors (Lipinski definition) is 0. The summed E-state index contributed by atoms with van der Waals surface area (Å²) >= 11 is 0. The number of allylic oxidation sites excluding steroid dienone is 1. The maximum Gasteiger partial charge on any atom is 0.0828 e. The SMILES string of the molecule is CCCCCC/C=C/n1cc(CC)nn1. The van der Waals surface area contributed by atoms with E-state index in [1.165, 1.54) is 25.7 Å². The summed E-state index contributed by atoms with van der Waals surface area (Å²) in [5, 5.41) is 8.03. The minimum atomic E-state index is 0.949. The van der Waals surface area contributed by atoms with Gasteiger partial charge in [0.15, 0.2) is 0 Å². The Morgan fingerprint density at radius 2 is 2.13 bits per heavy atom. The fourth-order valence-electron chi connectivity index (χ4n) is 1.42. The third kappa shape index (κ3) is 4.77. The average Bonchev–Trinajstić information content (AvgIpc) is 2.71. The molecule has 15 heavy (non-hydrogen) atoms. The van der Waals surface area contributed by atoms with Crippen molar-refractivity contribution in [3.8, 4) is 0 Å².